The van der Waals surface area contributed by atoms with Crippen LogP contribution in [0.2, 0.25) is 10.0 Å². The molecule has 2 amide bonds. The molecule has 0 aliphatic carbocycles. The highest BCUT2D eigenvalue weighted by molar-refractivity contribution is 7.92. The summed E-state index contributed by atoms with van der Waals surface area (Å²) >= 11 is 12.5. The highest BCUT2D eigenvalue weighted by Gasteiger charge is 2.33. The molecule has 3 aromatic carbocycles. The molecule has 0 unspecified atom stereocenters. The molecule has 0 bridgehead atoms. The molecule has 0 aliphatic rings. The highest BCUT2D eigenvalue weighted by atomic mass is 35.5. The molecule has 3 rings (SSSR count). The molecule has 208 valence electrons. The number of amides is 2. The third-order valence-electron chi connectivity index (χ3n) is 6.50. The second-order valence-corrected chi connectivity index (χ2v) is 12.1. The van der Waals surface area contributed by atoms with Crippen molar-refractivity contribution in [1.29, 1.82) is 0 Å². The van der Waals surface area contributed by atoms with E-state index in [2.05, 4.69) is 5.32 Å². The third-order valence-corrected chi connectivity index (χ3v) is 8.88. The fourth-order valence-corrected chi connectivity index (χ4v) is 5.91. The van der Waals surface area contributed by atoms with Crippen molar-refractivity contribution in [2.75, 3.05) is 10.8 Å². The molecule has 10 heteroatoms. The topological polar surface area (TPSA) is 86.8 Å². The maximum absolute atomic E-state index is 14.0. The number of aryl methyl sites for hydroxylation is 1. The Bertz CT molecular complexity index is 1420. The lowest BCUT2D eigenvalue weighted by molar-refractivity contribution is -0.139. The second-order valence-electron chi connectivity index (χ2n) is 9.36. The highest BCUT2D eigenvalue weighted by Crippen LogP contribution is 2.29. The van der Waals surface area contributed by atoms with Crippen molar-refractivity contribution in [2.24, 2.45) is 0 Å². The number of hydrogen-bond donors (Lipinski definition) is 1. The molecule has 0 saturated heterocycles. The lowest BCUT2D eigenvalue weighted by Crippen LogP contribution is -2.52. The zero-order valence-corrected chi connectivity index (χ0v) is 24.7. The van der Waals surface area contributed by atoms with E-state index in [0.717, 1.165) is 10.7 Å². The maximum Gasteiger partial charge on any atom is 0.264 e. The van der Waals surface area contributed by atoms with Crippen LogP contribution in [-0.2, 0) is 26.2 Å². The summed E-state index contributed by atoms with van der Waals surface area (Å²) < 4.78 is 28.8. The van der Waals surface area contributed by atoms with E-state index < -0.39 is 28.5 Å². The Labute approximate surface area is 240 Å². The Hall–Kier alpha value is -3.07. The summed E-state index contributed by atoms with van der Waals surface area (Å²) in [6, 6.07) is 18.7. The molecular formula is C29H33Cl2N3O4S. The standard InChI is InChI=1S/C29H33Cl2N3O4S/c1-5-21(3)32-29(36)22(4)33(18-23-11-9-10-14-26(23)31)28(35)19-34(27-16-15-24(30)17-20(27)2)39(37,38)25-12-7-6-8-13-25/h6-17,21-22H,5,18-19H2,1-4H3,(H,32,36)/t21-,22-/m1/s1. The Kier molecular flexibility index (Phi) is 10.4. The maximum atomic E-state index is 14.0. The van der Waals surface area contributed by atoms with Crippen LogP contribution in [0.3, 0.4) is 0 Å². The first-order chi connectivity index (χ1) is 18.4. The molecule has 0 aliphatic heterocycles. The molecule has 0 saturated carbocycles. The van der Waals surface area contributed by atoms with Crippen LogP contribution in [0.15, 0.2) is 77.7 Å². The van der Waals surface area contributed by atoms with Crippen molar-refractivity contribution in [3.05, 3.63) is 94.0 Å². The van der Waals surface area contributed by atoms with Crippen molar-refractivity contribution in [3.8, 4) is 0 Å². The predicted octanol–water partition coefficient (Wildman–Crippen LogP) is 5.83. The summed E-state index contributed by atoms with van der Waals surface area (Å²) in [4.78, 5) is 28.5. The zero-order chi connectivity index (χ0) is 28.7. The van der Waals surface area contributed by atoms with Gasteiger partial charge in [0.25, 0.3) is 10.0 Å². The molecule has 0 fully saturated rings. The minimum absolute atomic E-state index is 0.0203. The van der Waals surface area contributed by atoms with E-state index in [1.165, 1.54) is 17.0 Å². The summed E-state index contributed by atoms with van der Waals surface area (Å²) in [5, 5.41) is 3.79. The number of halogens is 2. The summed E-state index contributed by atoms with van der Waals surface area (Å²) in [6.45, 7) is 6.65. The Morgan fingerprint density at radius 1 is 0.949 bits per heavy atom. The number of sulfonamides is 1. The zero-order valence-electron chi connectivity index (χ0n) is 22.4. The van der Waals surface area contributed by atoms with Gasteiger partial charge in [-0.25, -0.2) is 8.42 Å². The van der Waals surface area contributed by atoms with Gasteiger partial charge in [-0.3, -0.25) is 13.9 Å². The quantitative estimate of drug-likeness (QED) is 0.305. The number of carbonyl (C=O) groups excluding carboxylic acids is 2. The van der Waals surface area contributed by atoms with Crippen molar-refractivity contribution in [3.63, 3.8) is 0 Å². The Balaban J connectivity index is 2.06. The van der Waals surface area contributed by atoms with Gasteiger partial charge in [0.2, 0.25) is 11.8 Å². The van der Waals surface area contributed by atoms with Crippen molar-refractivity contribution >= 4 is 50.7 Å². The first kappa shape index (κ1) is 30.5. The molecule has 3 aromatic rings. The average molecular weight is 591 g/mol. The van der Waals surface area contributed by atoms with Gasteiger partial charge in [0.05, 0.1) is 10.6 Å². The smallest absolute Gasteiger partial charge is 0.264 e. The molecule has 0 spiro atoms. The summed E-state index contributed by atoms with van der Waals surface area (Å²) in [5.41, 5.74) is 1.52. The van der Waals surface area contributed by atoms with E-state index in [9.17, 15) is 18.0 Å². The predicted molar refractivity (Wildman–Crippen MR) is 157 cm³/mol. The van der Waals surface area contributed by atoms with Crippen LogP contribution in [0.1, 0.15) is 38.3 Å². The van der Waals surface area contributed by atoms with Crippen LogP contribution in [0.5, 0.6) is 0 Å². The number of rotatable bonds is 11. The van der Waals surface area contributed by atoms with Crippen LogP contribution < -0.4 is 9.62 Å². The van der Waals surface area contributed by atoms with Gasteiger partial charge >= 0.3 is 0 Å². The van der Waals surface area contributed by atoms with E-state index in [4.69, 9.17) is 23.2 Å². The normalized spacial score (nSPS) is 12.9. The van der Waals surface area contributed by atoms with Crippen LogP contribution in [0.4, 0.5) is 5.69 Å². The summed E-state index contributed by atoms with van der Waals surface area (Å²) in [6.07, 6.45) is 0.718. The van der Waals surface area contributed by atoms with Gasteiger partial charge in [0, 0.05) is 22.6 Å². The van der Waals surface area contributed by atoms with Gasteiger partial charge in [0.1, 0.15) is 12.6 Å². The van der Waals surface area contributed by atoms with Gasteiger partial charge in [-0.15, -0.1) is 0 Å². The van der Waals surface area contributed by atoms with Gasteiger partial charge in [-0.05, 0) is 74.7 Å². The molecule has 7 nitrogen and oxygen atoms in total. The van der Waals surface area contributed by atoms with Crippen LogP contribution in [0, 0.1) is 6.92 Å². The first-order valence-corrected chi connectivity index (χ1v) is 14.8. The monoisotopic (exact) mass is 589 g/mol. The van der Waals surface area contributed by atoms with E-state index in [0.29, 0.717) is 26.9 Å². The van der Waals surface area contributed by atoms with E-state index in [1.54, 1.807) is 74.5 Å². The fraction of sp³-hybridized carbons (Fsp3) is 0.310. The number of anilines is 1. The Morgan fingerprint density at radius 2 is 1.59 bits per heavy atom. The fourth-order valence-electron chi connectivity index (χ4n) is 3.99. The number of nitrogens with zero attached hydrogens (tertiary/aromatic N) is 2. The molecule has 1 N–H and O–H groups in total. The molecule has 2 atom stereocenters. The van der Waals surface area contributed by atoms with Crippen LogP contribution in [0.25, 0.3) is 0 Å². The van der Waals surface area contributed by atoms with Gasteiger partial charge in [0.15, 0.2) is 0 Å². The molecule has 0 aromatic heterocycles. The number of benzene rings is 3. The van der Waals surface area contributed by atoms with E-state index >= 15 is 0 Å². The molecular weight excluding hydrogens is 557 g/mol. The lowest BCUT2D eigenvalue weighted by Gasteiger charge is -2.33. The van der Waals surface area contributed by atoms with Crippen LogP contribution in [-0.4, -0.2) is 43.8 Å². The minimum atomic E-state index is -4.15. The largest absolute Gasteiger partial charge is 0.352 e. The minimum Gasteiger partial charge on any atom is -0.352 e. The average Bonchev–Trinajstić information content (AvgIpc) is 2.91. The first-order valence-electron chi connectivity index (χ1n) is 12.6. The van der Waals surface area contributed by atoms with Crippen molar-refractivity contribution in [1.82, 2.24) is 10.2 Å². The molecule has 0 radical (unpaired) electrons. The number of carbonyl (C=O) groups is 2. The van der Waals surface area contributed by atoms with Gasteiger partial charge < -0.3 is 10.2 Å². The molecule has 0 heterocycles. The summed E-state index contributed by atoms with van der Waals surface area (Å²) in [5.74, 6) is -0.902. The Morgan fingerprint density at radius 3 is 2.21 bits per heavy atom. The van der Waals surface area contributed by atoms with Crippen molar-refractivity contribution < 1.29 is 18.0 Å². The van der Waals surface area contributed by atoms with Crippen LogP contribution >= 0.6 is 23.2 Å². The molecule has 39 heavy (non-hydrogen) atoms. The van der Waals surface area contributed by atoms with E-state index in [-0.39, 0.29) is 23.4 Å². The number of hydrogen-bond acceptors (Lipinski definition) is 4. The summed E-state index contributed by atoms with van der Waals surface area (Å²) in [7, 11) is -4.15. The second kappa shape index (κ2) is 13.3. The lowest BCUT2D eigenvalue weighted by atomic mass is 10.1. The third kappa shape index (κ3) is 7.53. The van der Waals surface area contributed by atoms with Crippen molar-refractivity contribution in [2.45, 2.75) is 57.6 Å². The van der Waals surface area contributed by atoms with E-state index in [1.807, 2.05) is 13.8 Å². The SMILES string of the molecule is CC[C@@H](C)NC(=O)[C@@H](C)N(Cc1ccccc1Cl)C(=O)CN(c1ccc(Cl)cc1C)S(=O)(=O)c1ccccc1. The van der Waals surface area contributed by atoms with Gasteiger partial charge in [-0.2, -0.15) is 0 Å². The number of nitrogens with one attached hydrogen (secondary N) is 1. The van der Waals surface area contributed by atoms with Gasteiger partial charge in [-0.1, -0.05) is 66.5 Å².